The lowest BCUT2D eigenvalue weighted by Gasteiger charge is -2.31. The smallest absolute Gasteiger partial charge is 0.236 e. The molecule has 128 valence electrons. The Kier molecular flexibility index (Phi) is 7.29. The van der Waals surface area contributed by atoms with Gasteiger partial charge in [0.25, 0.3) is 0 Å². The summed E-state index contributed by atoms with van der Waals surface area (Å²) in [7, 11) is 1.88. The third-order valence-corrected chi connectivity index (χ3v) is 5.89. The highest BCUT2D eigenvalue weighted by Gasteiger charge is 2.22. The summed E-state index contributed by atoms with van der Waals surface area (Å²) < 4.78 is 0. The van der Waals surface area contributed by atoms with E-state index in [-0.39, 0.29) is 17.6 Å². The average Bonchev–Trinajstić information content (AvgIpc) is 3.02. The molecule has 1 aromatic heterocycles. The molecule has 0 bridgehead atoms. The van der Waals surface area contributed by atoms with Crippen LogP contribution >= 0.6 is 23.1 Å². The number of nitrogens with one attached hydrogen (secondary N) is 1. The maximum atomic E-state index is 12.2. The molecule has 1 heterocycles. The van der Waals surface area contributed by atoms with Crippen LogP contribution in [0.2, 0.25) is 0 Å². The normalized spacial score (nSPS) is 15.4. The second kappa shape index (κ2) is 9.22. The molecule has 0 radical (unpaired) electrons. The van der Waals surface area contributed by atoms with E-state index in [1.54, 1.807) is 0 Å². The molecule has 0 aromatic carbocycles. The summed E-state index contributed by atoms with van der Waals surface area (Å²) in [5.74, 6) is 0.572. The van der Waals surface area contributed by atoms with Gasteiger partial charge in [-0.2, -0.15) is 0 Å². The molecule has 1 aliphatic rings. The zero-order valence-corrected chi connectivity index (χ0v) is 15.3. The average molecular weight is 357 g/mol. The third kappa shape index (κ3) is 5.76. The number of carbonyl (C=O) groups excluding carboxylic acids is 2. The molecule has 0 atom stereocenters. The first-order valence-electron chi connectivity index (χ1n) is 8.05. The molecule has 1 aliphatic carbocycles. The van der Waals surface area contributed by atoms with Crippen LogP contribution in [0, 0.1) is 0 Å². The van der Waals surface area contributed by atoms with Crippen molar-refractivity contribution in [3.8, 4) is 0 Å². The molecule has 1 N–H and O–H groups in total. The molecular weight excluding hydrogens is 332 g/mol. The van der Waals surface area contributed by atoms with E-state index in [1.807, 2.05) is 18.9 Å². The zero-order chi connectivity index (χ0) is 16.7. The molecule has 0 spiro atoms. The topological polar surface area (TPSA) is 75.2 Å². The summed E-state index contributed by atoms with van der Waals surface area (Å²) in [6.45, 7) is 2.00. The van der Waals surface area contributed by atoms with Crippen LogP contribution in [0.3, 0.4) is 0 Å². The Labute approximate surface area is 145 Å². The predicted molar refractivity (Wildman–Crippen MR) is 94.9 cm³/mol. The van der Waals surface area contributed by atoms with Crippen molar-refractivity contribution in [2.24, 2.45) is 0 Å². The second-order valence-electron chi connectivity index (χ2n) is 5.69. The van der Waals surface area contributed by atoms with Crippen LogP contribution in [-0.2, 0) is 16.0 Å². The monoisotopic (exact) mass is 356 g/mol. The SMILES string of the molecule is CCc1nnc(NC(=O)CSCC(=O)N(C)C2CCCCC2)s1. The van der Waals surface area contributed by atoms with Crippen molar-refractivity contribution in [3.05, 3.63) is 5.01 Å². The van der Waals surface area contributed by atoms with Gasteiger partial charge in [-0.05, 0) is 19.3 Å². The van der Waals surface area contributed by atoms with Crippen LogP contribution in [0.15, 0.2) is 0 Å². The Hall–Kier alpha value is -1.15. The van der Waals surface area contributed by atoms with Crippen LogP contribution in [0.4, 0.5) is 5.13 Å². The minimum Gasteiger partial charge on any atom is -0.342 e. The van der Waals surface area contributed by atoms with Crippen molar-refractivity contribution < 1.29 is 9.59 Å². The molecule has 0 saturated heterocycles. The molecule has 0 unspecified atom stereocenters. The molecule has 0 aliphatic heterocycles. The molecule has 2 rings (SSSR count). The molecule has 2 amide bonds. The highest BCUT2D eigenvalue weighted by atomic mass is 32.2. The van der Waals surface area contributed by atoms with Crippen molar-refractivity contribution in [3.63, 3.8) is 0 Å². The van der Waals surface area contributed by atoms with E-state index in [2.05, 4.69) is 15.5 Å². The van der Waals surface area contributed by atoms with Crippen LogP contribution in [-0.4, -0.2) is 51.5 Å². The minimum atomic E-state index is -0.137. The standard InChI is InChI=1S/C15H24N4O2S2/c1-3-13-17-18-15(23-13)16-12(20)9-22-10-14(21)19(2)11-7-5-4-6-8-11/h11H,3-10H2,1-2H3,(H,16,18,20). The van der Waals surface area contributed by atoms with Gasteiger partial charge in [-0.1, -0.05) is 37.5 Å². The number of nitrogens with zero attached hydrogens (tertiary/aromatic N) is 3. The Morgan fingerprint density at radius 3 is 2.65 bits per heavy atom. The summed E-state index contributed by atoms with van der Waals surface area (Å²) in [6, 6.07) is 0.375. The number of thioether (sulfide) groups is 1. The van der Waals surface area contributed by atoms with Crippen molar-refractivity contribution in [2.45, 2.75) is 51.5 Å². The summed E-state index contributed by atoms with van der Waals surface area (Å²) >= 11 is 2.73. The fourth-order valence-corrected chi connectivity index (χ4v) is 4.04. The zero-order valence-electron chi connectivity index (χ0n) is 13.7. The molecule has 6 nitrogen and oxygen atoms in total. The Balaban J connectivity index is 1.67. The number of aryl methyl sites for hydroxylation is 1. The van der Waals surface area contributed by atoms with Gasteiger partial charge in [-0.15, -0.1) is 22.0 Å². The van der Waals surface area contributed by atoms with E-state index in [4.69, 9.17) is 0 Å². The number of amides is 2. The van der Waals surface area contributed by atoms with E-state index in [9.17, 15) is 9.59 Å². The quantitative estimate of drug-likeness (QED) is 0.813. The number of anilines is 1. The van der Waals surface area contributed by atoms with E-state index < -0.39 is 0 Å². The molecule has 8 heteroatoms. The van der Waals surface area contributed by atoms with Gasteiger partial charge in [0, 0.05) is 13.1 Å². The van der Waals surface area contributed by atoms with E-state index in [0.717, 1.165) is 24.3 Å². The molecule has 1 aromatic rings. The van der Waals surface area contributed by atoms with Gasteiger partial charge in [0.15, 0.2) is 0 Å². The first kappa shape index (κ1) is 18.2. The number of hydrogen-bond acceptors (Lipinski definition) is 6. The number of rotatable bonds is 7. The van der Waals surface area contributed by atoms with Gasteiger partial charge in [0.05, 0.1) is 11.5 Å². The van der Waals surface area contributed by atoms with Gasteiger partial charge in [-0.25, -0.2) is 0 Å². The van der Waals surface area contributed by atoms with E-state index >= 15 is 0 Å². The van der Waals surface area contributed by atoms with Gasteiger partial charge >= 0.3 is 0 Å². The fraction of sp³-hybridized carbons (Fsp3) is 0.733. The molecule has 1 saturated carbocycles. The summed E-state index contributed by atoms with van der Waals surface area (Å²) in [5, 5.41) is 12.0. The summed E-state index contributed by atoms with van der Waals surface area (Å²) in [6.07, 6.45) is 6.70. The summed E-state index contributed by atoms with van der Waals surface area (Å²) in [5.41, 5.74) is 0. The largest absolute Gasteiger partial charge is 0.342 e. The fourth-order valence-electron chi connectivity index (χ4n) is 2.61. The van der Waals surface area contributed by atoms with Gasteiger partial charge in [-0.3, -0.25) is 14.9 Å². The third-order valence-electron chi connectivity index (χ3n) is 3.99. The van der Waals surface area contributed by atoms with Crippen LogP contribution in [0.25, 0.3) is 0 Å². The van der Waals surface area contributed by atoms with Crippen molar-refractivity contribution in [2.75, 3.05) is 23.9 Å². The van der Waals surface area contributed by atoms with Crippen LogP contribution < -0.4 is 5.32 Å². The molecular formula is C15H24N4O2S2. The first-order chi connectivity index (χ1) is 11.1. The van der Waals surface area contributed by atoms with Gasteiger partial charge in [0.1, 0.15) is 5.01 Å². The Bertz CT molecular complexity index is 529. The minimum absolute atomic E-state index is 0.110. The highest BCUT2D eigenvalue weighted by molar-refractivity contribution is 8.00. The predicted octanol–water partition coefficient (Wildman–Crippen LogP) is 2.56. The Morgan fingerprint density at radius 1 is 1.26 bits per heavy atom. The van der Waals surface area contributed by atoms with Crippen LogP contribution in [0.1, 0.15) is 44.0 Å². The Morgan fingerprint density at radius 2 is 2.00 bits per heavy atom. The maximum Gasteiger partial charge on any atom is 0.236 e. The first-order valence-corrected chi connectivity index (χ1v) is 10.0. The van der Waals surface area contributed by atoms with Crippen molar-refractivity contribution in [1.29, 1.82) is 0 Å². The second-order valence-corrected chi connectivity index (χ2v) is 7.74. The van der Waals surface area contributed by atoms with Gasteiger partial charge in [0.2, 0.25) is 16.9 Å². The summed E-state index contributed by atoms with van der Waals surface area (Å²) in [4.78, 5) is 25.9. The van der Waals surface area contributed by atoms with E-state index in [1.165, 1.54) is 42.4 Å². The van der Waals surface area contributed by atoms with E-state index in [0.29, 0.717) is 16.9 Å². The lowest BCUT2D eigenvalue weighted by Crippen LogP contribution is -2.39. The van der Waals surface area contributed by atoms with Crippen molar-refractivity contribution >= 4 is 40.0 Å². The van der Waals surface area contributed by atoms with Gasteiger partial charge < -0.3 is 4.90 Å². The van der Waals surface area contributed by atoms with Crippen molar-refractivity contribution in [1.82, 2.24) is 15.1 Å². The number of hydrogen-bond donors (Lipinski definition) is 1. The lowest BCUT2D eigenvalue weighted by molar-refractivity contribution is -0.129. The molecule has 23 heavy (non-hydrogen) atoms. The maximum absolute atomic E-state index is 12.2. The lowest BCUT2D eigenvalue weighted by atomic mass is 9.94. The number of aromatic nitrogens is 2. The number of carbonyl (C=O) groups is 2. The molecule has 1 fully saturated rings. The highest BCUT2D eigenvalue weighted by Crippen LogP contribution is 2.22. The van der Waals surface area contributed by atoms with Crippen LogP contribution in [0.5, 0.6) is 0 Å².